The zero-order valence-electron chi connectivity index (χ0n) is 11.5. The highest BCUT2D eigenvalue weighted by Gasteiger charge is 2.08. The fourth-order valence-electron chi connectivity index (χ4n) is 1.37. The molecule has 0 atom stereocenters. The van der Waals surface area contributed by atoms with Crippen molar-refractivity contribution < 1.29 is 23.9 Å². The third-order valence-electron chi connectivity index (χ3n) is 2.42. The van der Waals surface area contributed by atoms with Gasteiger partial charge in [-0.05, 0) is 31.2 Å². The van der Waals surface area contributed by atoms with Crippen molar-refractivity contribution in [3.8, 4) is 5.75 Å². The summed E-state index contributed by atoms with van der Waals surface area (Å²) >= 11 is 0. The highest BCUT2D eigenvalue weighted by Crippen LogP contribution is 2.14. The monoisotopic (exact) mass is 279 g/mol. The zero-order chi connectivity index (χ0) is 15.0. The minimum atomic E-state index is -0.565. The number of amides is 1. The number of ether oxygens (including phenoxy) is 2. The summed E-state index contributed by atoms with van der Waals surface area (Å²) in [4.78, 5) is 33.4. The van der Waals surface area contributed by atoms with Crippen LogP contribution in [0.3, 0.4) is 0 Å². The van der Waals surface area contributed by atoms with Gasteiger partial charge in [0.25, 0.3) is 5.91 Å². The number of anilines is 1. The van der Waals surface area contributed by atoms with Crippen LogP contribution in [0.2, 0.25) is 0 Å². The van der Waals surface area contributed by atoms with Gasteiger partial charge in [-0.3, -0.25) is 9.59 Å². The second-order valence-electron chi connectivity index (χ2n) is 4.14. The van der Waals surface area contributed by atoms with E-state index in [1.54, 1.807) is 31.4 Å². The van der Waals surface area contributed by atoms with E-state index in [0.717, 1.165) is 0 Å². The Kier molecular flexibility index (Phi) is 6.22. The Labute approximate surface area is 117 Å². The van der Waals surface area contributed by atoms with Crippen molar-refractivity contribution in [3.63, 3.8) is 0 Å². The molecular formula is C14H17NO5. The predicted molar refractivity (Wildman–Crippen MR) is 72.5 cm³/mol. The van der Waals surface area contributed by atoms with Gasteiger partial charge >= 0.3 is 5.97 Å². The molecule has 0 unspecified atom stereocenters. The van der Waals surface area contributed by atoms with Gasteiger partial charge in [0.15, 0.2) is 6.61 Å². The minimum absolute atomic E-state index is 0.00878. The van der Waals surface area contributed by atoms with Crippen molar-refractivity contribution >= 4 is 23.3 Å². The number of benzene rings is 1. The second kappa shape index (κ2) is 7.93. The number of methoxy groups -OCH3 is 1. The predicted octanol–water partition coefficient (Wildman–Crippen LogP) is 1.55. The third kappa shape index (κ3) is 5.99. The molecule has 0 fully saturated rings. The van der Waals surface area contributed by atoms with Crippen LogP contribution in [-0.4, -0.2) is 31.4 Å². The van der Waals surface area contributed by atoms with Crippen LogP contribution in [0.5, 0.6) is 5.75 Å². The quantitative estimate of drug-likeness (QED) is 0.766. The van der Waals surface area contributed by atoms with Crippen LogP contribution in [0.4, 0.5) is 5.69 Å². The normalized spacial score (nSPS) is 9.70. The lowest BCUT2D eigenvalue weighted by molar-refractivity contribution is -0.148. The number of ketones is 1. The first-order valence-electron chi connectivity index (χ1n) is 6.10. The summed E-state index contributed by atoms with van der Waals surface area (Å²) in [5, 5.41) is 2.57. The Morgan fingerprint density at radius 3 is 2.30 bits per heavy atom. The lowest BCUT2D eigenvalue weighted by atomic mass is 10.2. The summed E-state index contributed by atoms with van der Waals surface area (Å²) in [7, 11) is 1.55. The first-order valence-corrected chi connectivity index (χ1v) is 6.10. The van der Waals surface area contributed by atoms with Gasteiger partial charge in [-0.1, -0.05) is 0 Å². The van der Waals surface area contributed by atoms with E-state index in [0.29, 0.717) is 11.4 Å². The van der Waals surface area contributed by atoms with Crippen LogP contribution >= 0.6 is 0 Å². The van der Waals surface area contributed by atoms with Crippen molar-refractivity contribution in [1.29, 1.82) is 0 Å². The zero-order valence-corrected chi connectivity index (χ0v) is 11.5. The van der Waals surface area contributed by atoms with Gasteiger partial charge in [0, 0.05) is 12.1 Å². The molecular weight excluding hydrogens is 262 g/mol. The summed E-state index contributed by atoms with van der Waals surface area (Å²) < 4.78 is 9.73. The summed E-state index contributed by atoms with van der Waals surface area (Å²) in [5.41, 5.74) is 0.579. The van der Waals surface area contributed by atoms with Gasteiger partial charge < -0.3 is 19.6 Å². The van der Waals surface area contributed by atoms with Crippen molar-refractivity contribution in [2.24, 2.45) is 0 Å². The maximum Gasteiger partial charge on any atom is 0.306 e. The highest BCUT2D eigenvalue weighted by molar-refractivity contribution is 5.93. The van der Waals surface area contributed by atoms with Gasteiger partial charge in [-0.15, -0.1) is 0 Å². The molecule has 0 aliphatic heterocycles. The van der Waals surface area contributed by atoms with Crippen LogP contribution in [0.25, 0.3) is 0 Å². The average molecular weight is 279 g/mol. The molecule has 6 nitrogen and oxygen atoms in total. The molecule has 0 heterocycles. The minimum Gasteiger partial charge on any atom is -0.497 e. The highest BCUT2D eigenvalue weighted by atomic mass is 16.5. The molecule has 0 bridgehead atoms. The number of hydrogen-bond acceptors (Lipinski definition) is 5. The standard InChI is InChI=1S/C14H17NO5/c1-10(16)3-8-14(18)20-9-13(17)15-11-4-6-12(19-2)7-5-11/h4-7H,3,8-9H2,1-2H3,(H,15,17). The Bertz CT molecular complexity index is 481. The number of esters is 1. The smallest absolute Gasteiger partial charge is 0.306 e. The topological polar surface area (TPSA) is 81.7 Å². The van der Waals surface area contributed by atoms with Gasteiger partial charge in [0.05, 0.1) is 13.5 Å². The van der Waals surface area contributed by atoms with Gasteiger partial charge in [0.2, 0.25) is 0 Å². The molecule has 108 valence electrons. The number of nitrogens with one attached hydrogen (secondary N) is 1. The van der Waals surface area contributed by atoms with E-state index in [-0.39, 0.29) is 25.2 Å². The Balaban J connectivity index is 2.32. The molecule has 0 aromatic heterocycles. The van der Waals surface area contributed by atoms with Crippen molar-refractivity contribution in [1.82, 2.24) is 0 Å². The van der Waals surface area contributed by atoms with Crippen molar-refractivity contribution in [3.05, 3.63) is 24.3 Å². The number of rotatable bonds is 7. The molecule has 1 rings (SSSR count). The number of carbonyl (C=O) groups is 3. The van der Waals surface area contributed by atoms with Gasteiger partial charge in [0.1, 0.15) is 11.5 Å². The molecule has 0 radical (unpaired) electrons. The molecule has 20 heavy (non-hydrogen) atoms. The first kappa shape index (κ1) is 15.7. The molecule has 0 spiro atoms. The van der Waals surface area contributed by atoms with Crippen LogP contribution in [-0.2, 0) is 19.1 Å². The van der Waals surface area contributed by atoms with E-state index in [2.05, 4.69) is 5.32 Å². The molecule has 6 heteroatoms. The van der Waals surface area contributed by atoms with E-state index >= 15 is 0 Å². The summed E-state index contributed by atoms with van der Waals surface area (Å²) in [5.74, 6) is -0.417. The summed E-state index contributed by atoms with van der Waals surface area (Å²) in [6, 6.07) is 6.76. The fraction of sp³-hybridized carbons (Fsp3) is 0.357. The van der Waals surface area contributed by atoms with Crippen molar-refractivity contribution in [2.75, 3.05) is 19.0 Å². The van der Waals surface area contributed by atoms with E-state index in [1.165, 1.54) is 6.92 Å². The van der Waals surface area contributed by atoms with E-state index in [4.69, 9.17) is 9.47 Å². The maximum absolute atomic E-state index is 11.5. The fourth-order valence-corrected chi connectivity index (χ4v) is 1.37. The second-order valence-corrected chi connectivity index (χ2v) is 4.14. The average Bonchev–Trinajstić information content (AvgIpc) is 2.43. The molecule has 0 saturated heterocycles. The van der Waals surface area contributed by atoms with Gasteiger partial charge in [-0.25, -0.2) is 0 Å². The van der Waals surface area contributed by atoms with Crippen molar-refractivity contribution in [2.45, 2.75) is 19.8 Å². The van der Waals surface area contributed by atoms with E-state index < -0.39 is 11.9 Å². The Hall–Kier alpha value is -2.37. The third-order valence-corrected chi connectivity index (χ3v) is 2.42. The SMILES string of the molecule is COc1ccc(NC(=O)COC(=O)CCC(C)=O)cc1. The number of hydrogen-bond donors (Lipinski definition) is 1. The van der Waals surface area contributed by atoms with Crippen LogP contribution < -0.4 is 10.1 Å². The van der Waals surface area contributed by atoms with E-state index in [1.807, 2.05) is 0 Å². The van der Waals surface area contributed by atoms with Gasteiger partial charge in [-0.2, -0.15) is 0 Å². The molecule has 1 aromatic carbocycles. The van der Waals surface area contributed by atoms with Crippen LogP contribution in [0.1, 0.15) is 19.8 Å². The Morgan fingerprint density at radius 2 is 1.75 bits per heavy atom. The first-order chi connectivity index (χ1) is 9.51. The molecule has 0 saturated carbocycles. The lowest BCUT2D eigenvalue weighted by Gasteiger charge is -2.07. The maximum atomic E-state index is 11.5. The number of carbonyl (C=O) groups excluding carboxylic acids is 3. The molecule has 1 aromatic rings. The number of Topliss-reactive ketones (excluding diaryl/α,β-unsaturated/α-hetero) is 1. The summed E-state index contributed by atoms with van der Waals surface area (Å²) in [6.45, 7) is 1.02. The molecule has 0 aliphatic carbocycles. The lowest BCUT2D eigenvalue weighted by Crippen LogP contribution is -2.21. The largest absolute Gasteiger partial charge is 0.497 e. The summed E-state index contributed by atoms with van der Waals surface area (Å²) in [6.07, 6.45) is 0.115. The molecule has 1 amide bonds. The van der Waals surface area contributed by atoms with E-state index in [9.17, 15) is 14.4 Å². The Morgan fingerprint density at radius 1 is 1.10 bits per heavy atom. The van der Waals surface area contributed by atoms with Crippen LogP contribution in [0, 0.1) is 0 Å². The molecule has 0 aliphatic rings. The molecule has 1 N–H and O–H groups in total. The van der Waals surface area contributed by atoms with Crippen LogP contribution in [0.15, 0.2) is 24.3 Å².